The van der Waals surface area contributed by atoms with Gasteiger partial charge in [0.25, 0.3) is 0 Å². The summed E-state index contributed by atoms with van der Waals surface area (Å²) in [5.74, 6) is 0. The molecule has 0 aliphatic carbocycles. The molecule has 14 heavy (non-hydrogen) atoms. The van der Waals surface area contributed by atoms with E-state index < -0.39 is 10.0 Å². The molecule has 0 unspecified atom stereocenters. The first-order valence-corrected chi connectivity index (χ1v) is 7.86. The summed E-state index contributed by atoms with van der Waals surface area (Å²) in [5.41, 5.74) is 1.76. The van der Waals surface area contributed by atoms with Gasteiger partial charge in [-0.25, -0.2) is 10.0 Å². The van der Waals surface area contributed by atoms with Crippen molar-refractivity contribution in [3.63, 3.8) is 0 Å². The van der Waals surface area contributed by atoms with E-state index in [1.54, 1.807) is 4.90 Å². The van der Waals surface area contributed by atoms with Crippen LogP contribution in [0.5, 0.6) is 0 Å². The molecule has 0 radical (unpaired) electrons. The van der Waals surface area contributed by atoms with E-state index in [0.29, 0.717) is 0 Å². The van der Waals surface area contributed by atoms with Crippen molar-refractivity contribution in [2.24, 2.45) is 0 Å². The highest BCUT2D eigenvalue weighted by Crippen LogP contribution is 2.49. The highest BCUT2D eigenvalue weighted by Gasteiger charge is 2.21. The molecule has 0 saturated carbocycles. The monoisotopic (exact) mass is 210 g/mol. The van der Waals surface area contributed by atoms with Crippen molar-refractivity contribution in [2.75, 3.05) is 18.8 Å². The molecule has 0 saturated heterocycles. The predicted octanol–water partition coefficient (Wildman–Crippen LogP) is 4.04. The molecular weight excluding hydrogens is 188 g/mol. The minimum absolute atomic E-state index is 0.261. The lowest BCUT2D eigenvalue weighted by Crippen LogP contribution is -2.14. The van der Waals surface area contributed by atoms with E-state index in [9.17, 15) is 0 Å². The molecule has 0 N–H and O–H groups in total. The van der Waals surface area contributed by atoms with Crippen molar-refractivity contribution in [1.29, 1.82) is 0 Å². The first kappa shape index (κ1) is 11.6. The number of hydrogen-bond acceptors (Lipinski definition) is 0. The lowest BCUT2D eigenvalue weighted by Gasteiger charge is -2.33. The van der Waals surface area contributed by atoms with Gasteiger partial charge in [-0.15, -0.1) is 0 Å². The Kier molecular flexibility index (Phi) is 3.01. The van der Waals surface area contributed by atoms with Crippen LogP contribution in [-0.4, -0.2) is 18.8 Å². The van der Waals surface area contributed by atoms with Crippen molar-refractivity contribution in [1.82, 2.24) is 0 Å². The van der Waals surface area contributed by atoms with Crippen LogP contribution in [0.15, 0.2) is 29.2 Å². The van der Waals surface area contributed by atoms with E-state index in [-0.39, 0.29) is 5.41 Å². The highest BCUT2D eigenvalue weighted by molar-refractivity contribution is 8.32. The van der Waals surface area contributed by atoms with Gasteiger partial charge in [0, 0.05) is 0 Å². The lowest BCUT2D eigenvalue weighted by molar-refractivity contribution is 0.577. The summed E-state index contributed by atoms with van der Waals surface area (Å²) >= 11 is 0. The molecule has 0 aromatic heterocycles. The molecular formula is C13H22S. The standard InChI is InChI=1S/C13H22S/c1-13(2,3)11-9-7-8-10-12(11)14(4,5)6/h7-10H,1-6H3. The van der Waals surface area contributed by atoms with E-state index in [1.807, 2.05) is 0 Å². The first-order valence-electron chi connectivity index (χ1n) is 5.01. The van der Waals surface area contributed by atoms with Crippen LogP contribution in [0.25, 0.3) is 0 Å². The van der Waals surface area contributed by atoms with Gasteiger partial charge in [0.15, 0.2) is 0 Å². The Morgan fingerprint density at radius 3 is 1.79 bits per heavy atom. The minimum atomic E-state index is -0.617. The van der Waals surface area contributed by atoms with Crippen LogP contribution in [0.4, 0.5) is 0 Å². The van der Waals surface area contributed by atoms with Gasteiger partial charge in [-0.2, -0.15) is 0 Å². The SMILES string of the molecule is CC(C)(C)c1ccccc1S(C)(C)C. The fraction of sp³-hybridized carbons (Fsp3) is 0.538. The Morgan fingerprint density at radius 1 is 0.929 bits per heavy atom. The van der Waals surface area contributed by atoms with Crippen molar-refractivity contribution in [3.05, 3.63) is 29.8 Å². The number of hydrogen-bond donors (Lipinski definition) is 0. The van der Waals surface area contributed by atoms with Crippen molar-refractivity contribution in [3.8, 4) is 0 Å². The van der Waals surface area contributed by atoms with Crippen LogP contribution in [0.1, 0.15) is 26.3 Å². The van der Waals surface area contributed by atoms with Gasteiger partial charge in [0.05, 0.1) is 0 Å². The van der Waals surface area contributed by atoms with E-state index in [0.717, 1.165) is 0 Å². The summed E-state index contributed by atoms with van der Waals surface area (Å²) in [6.45, 7) is 6.87. The Hall–Kier alpha value is -0.430. The second-order valence-corrected chi connectivity index (χ2v) is 9.70. The maximum absolute atomic E-state index is 2.36. The van der Waals surface area contributed by atoms with Crippen LogP contribution in [-0.2, 0) is 5.41 Å². The zero-order chi connectivity index (χ0) is 11.0. The molecule has 1 aromatic rings. The molecule has 0 atom stereocenters. The molecule has 1 heteroatoms. The minimum Gasteiger partial charge on any atom is -0.223 e. The lowest BCUT2D eigenvalue weighted by atomic mass is 9.87. The van der Waals surface area contributed by atoms with Crippen LogP contribution < -0.4 is 0 Å². The summed E-state index contributed by atoms with van der Waals surface area (Å²) in [7, 11) is -0.617. The van der Waals surface area contributed by atoms with Crippen molar-refractivity contribution in [2.45, 2.75) is 31.1 Å². The van der Waals surface area contributed by atoms with Gasteiger partial charge < -0.3 is 0 Å². The average molecular weight is 210 g/mol. The van der Waals surface area contributed by atoms with Gasteiger partial charge in [-0.05, 0) is 40.7 Å². The van der Waals surface area contributed by atoms with Crippen LogP contribution >= 0.6 is 10.0 Å². The zero-order valence-corrected chi connectivity index (χ0v) is 11.0. The van der Waals surface area contributed by atoms with E-state index >= 15 is 0 Å². The average Bonchev–Trinajstić information content (AvgIpc) is 2.01. The Balaban J connectivity index is 3.31. The molecule has 1 rings (SSSR count). The maximum Gasteiger partial charge on any atom is -0.00688 e. The van der Waals surface area contributed by atoms with Crippen molar-refractivity contribution >= 4 is 10.0 Å². The Labute approximate surface area is 90.0 Å². The predicted molar refractivity (Wildman–Crippen MR) is 68.8 cm³/mol. The normalized spacial score (nSPS) is 14.1. The van der Waals surface area contributed by atoms with E-state index in [1.165, 1.54) is 5.56 Å². The summed E-state index contributed by atoms with van der Waals surface area (Å²) in [6, 6.07) is 8.86. The maximum atomic E-state index is 2.36. The molecule has 0 amide bonds. The molecule has 0 nitrogen and oxygen atoms in total. The summed E-state index contributed by atoms with van der Waals surface area (Å²) in [6.07, 6.45) is 7.08. The molecule has 0 aliphatic heterocycles. The quantitative estimate of drug-likeness (QED) is 0.656. The van der Waals surface area contributed by atoms with Gasteiger partial charge in [-0.3, -0.25) is 0 Å². The van der Waals surface area contributed by atoms with Crippen molar-refractivity contribution < 1.29 is 0 Å². The summed E-state index contributed by atoms with van der Waals surface area (Å²) < 4.78 is 0. The topological polar surface area (TPSA) is 0 Å². The summed E-state index contributed by atoms with van der Waals surface area (Å²) in [4.78, 5) is 1.55. The molecule has 1 aromatic carbocycles. The molecule has 0 fully saturated rings. The van der Waals surface area contributed by atoms with Gasteiger partial charge in [0.2, 0.25) is 0 Å². The third-order valence-electron chi connectivity index (χ3n) is 2.35. The Morgan fingerprint density at radius 2 is 1.43 bits per heavy atom. The third-order valence-corrected chi connectivity index (χ3v) is 4.03. The molecule has 80 valence electrons. The highest BCUT2D eigenvalue weighted by atomic mass is 32.3. The number of benzene rings is 1. The van der Waals surface area contributed by atoms with E-state index in [2.05, 4.69) is 63.8 Å². The molecule has 0 aliphatic rings. The van der Waals surface area contributed by atoms with Gasteiger partial charge in [0.1, 0.15) is 0 Å². The van der Waals surface area contributed by atoms with Crippen LogP contribution in [0.2, 0.25) is 0 Å². The first-order chi connectivity index (χ1) is 6.23. The fourth-order valence-corrected chi connectivity index (χ4v) is 3.14. The second kappa shape index (κ2) is 3.62. The molecule has 0 heterocycles. The second-order valence-electron chi connectivity index (χ2n) is 5.58. The van der Waals surface area contributed by atoms with E-state index in [4.69, 9.17) is 0 Å². The largest absolute Gasteiger partial charge is 0.223 e. The molecule has 0 spiro atoms. The zero-order valence-electron chi connectivity index (χ0n) is 10.2. The smallest absolute Gasteiger partial charge is 0.00688 e. The summed E-state index contributed by atoms with van der Waals surface area (Å²) in [5, 5.41) is 0. The van der Waals surface area contributed by atoms with Crippen LogP contribution in [0.3, 0.4) is 0 Å². The molecule has 0 bridgehead atoms. The van der Waals surface area contributed by atoms with Crippen LogP contribution in [0, 0.1) is 0 Å². The van der Waals surface area contributed by atoms with Gasteiger partial charge in [-0.1, -0.05) is 39.0 Å². The third kappa shape index (κ3) is 2.54. The fourth-order valence-electron chi connectivity index (χ4n) is 1.62. The van der Waals surface area contributed by atoms with Gasteiger partial charge >= 0.3 is 0 Å². The number of rotatable bonds is 1. The Bertz CT molecular complexity index is 280.